The topological polar surface area (TPSA) is 132 Å². The third kappa shape index (κ3) is 4.58. The molecule has 2 rings (SSSR count). The highest BCUT2D eigenvalue weighted by atomic mass is 32.1. The number of hydrogen-bond acceptors (Lipinski definition) is 7. The zero-order valence-electron chi connectivity index (χ0n) is 12.6. The second-order valence-corrected chi connectivity index (χ2v) is 5.91. The number of thiazole rings is 1. The molecular weight excluding hydrogens is 318 g/mol. The first-order valence-corrected chi connectivity index (χ1v) is 7.57. The minimum absolute atomic E-state index is 0.0483. The fourth-order valence-electron chi connectivity index (χ4n) is 1.68. The molecule has 0 saturated heterocycles. The van der Waals surface area contributed by atoms with Gasteiger partial charge in [0.1, 0.15) is 5.00 Å². The molecule has 0 aliphatic heterocycles. The molecule has 2 amide bonds. The number of carbonyl (C=O) groups excluding carboxylic acids is 2. The normalized spacial score (nSPS) is 10.4. The molecule has 0 aliphatic carbocycles. The lowest BCUT2D eigenvalue weighted by atomic mass is 10.3. The van der Waals surface area contributed by atoms with Crippen LogP contribution in [0.5, 0.6) is 0 Å². The Labute approximate surface area is 136 Å². The average Bonchev–Trinajstić information content (AvgIpc) is 2.81. The Hall–Kier alpha value is -2.81. The van der Waals surface area contributed by atoms with Crippen molar-refractivity contribution < 1.29 is 14.3 Å². The van der Waals surface area contributed by atoms with Crippen LogP contribution >= 0.6 is 11.3 Å². The summed E-state index contributed by atoms with van der Waals surface area (Å²) < 4.78 is 4.99. The van der Waals surface area contributed by atoms with Gasteiger partial charge in [0.05, 0.1) is 6.10 Å². The molecule has 8 nitrogen and oxygen atoms in total. The maximum Gasteiger partial charge on any atom is 0.411 e. The van der Waals surface area contributed by atoms with Crippen molar-refractivity contribution in [1.29, 1.82) is 0 Å². The van der Waals surface area contributed by atoms with Crippen LogP contribution in [0.15, 0.2) is 24.3 Å². The van der Waals surface area contributed by atoms with Gasteiger partial charge in [-0.15, -0.1) is 0 Å². The maximum absolute atomic E-state index is 11.5. The third-order valence-corrected chi connectivity index (χ3v) is 3.41. The fraction of sp³-hybridized carbons (Fsp3) is 0.214. The van der Waals surface area contributed by atoms with E-state index in [1.165, 1.54) is 0 Å². The molecule has 1 aromatic heterocycles. The zero-order chi connectivity index (χ0) is 17.0. The summed E-state index contributed by atoms with van der Waals surface area (Å²) in [4.78, 5) is 26.6. The summed E-state index contributed by atoms with van der Waals surface area (Å²) in [7, 11) is 0. The molecule has 6 N–H and O–H groups in total. The van der Waals surface area contributed by atoms with Gasteiger partial charge in [-0.3, -0.25) is 10.1 Å². The van der Waals surface area contributed by atoms with E-state index in [0.29, 0.717) is 10.8 Å². The Morgan fingerprint density at radius 1 is 1.22 bits per heavy atom. The summed E-state index contributed by atoms with van der Waals surface area (Å²) in [5, 5.41) is 6.33. The standard InChI is InChI=1S/C14H17N5O3S/c1-7(2)22-14(21)18-9-5-3-8(4-6-9)17-13-19-10(11(15)20)12(16)23-13/h3-7H,16H2,1-2H3,(H2,15,20)(H,17,19)(H,18,21). The molecule has 9 heteroatoms. The van der Waals surface area contributed by atoms with E-state index < -0.39 is 12.0 Å². The second-order valence-electron chi connectivity index (χ2n) is 4.88. The van der Waals surface area contributed by atoms with Gasteiger partial charge in [-0.1, -0.05) is 11.3 Å². The maximum atomic E-state index is 11.5. The number of primary amides is 1. The minimum atomic E-state index is -0.671. The molecule has 23 heavy (non-hydrogen) atoms. The lowest BCUT2D eigenvalue weighted by Crippen LogP contribution is -2.17. The molecule has 0 atom stereocenters. The number of ether oxygens (including phenoxy) is 1. The van der Waals surface area contributed by atoms with Crippen molar-refractivity contribution in [3.63, 3.8) is 0 Å². The summed E-state index contributed by atoms with van der Waals surface area (Å²) in [6, 6.07) is 6.89. The summed E-state index contributed by atoms with van der Waals surface area (Å²) >= 11 is 1.12. The first kappa shape index (κ1) is 16.6. The van der Waals surface area contributed by atoms with Gasteiger partial charge in [0.25, 0.3) is 5.91 Å². The SMILES string of the molecule is CC(C)OC(=O)Nc1ccc(Nc2nc(C(N)=O)c(N)s2)cc1. The number of nitrogen functional groups attached to an aromatic ring is 1. The Morgan fingerprint density at radius 3 is 2.35 bits per heavy atom. The van der Waals surface area contributed by atoms with Crippen molar-refractivity contribution in [3.05, 3.63) is 30.0 Å². The quantitative estimate of drug-likeness (QED) is 0.663. The van der Waals surface area contributed by atoms with Gasteiger partial charge in [0.15, 0.2) is 10.8 Å². The number of anilines is 4. The molecule has 0 fully saturated rings. The van der Waals surface area contributed by atoms with E-state index in [1.54, 1.807) is 38.1 Å². The number of nitrogens with zero attached hydrogens (tertiary/aromatic N) is 1. The van der Waals surface area contributed by atoms with Crippen molar-refractivity contribution in [3.8, 4) is 0 Å². The summed E-state index contributed by atoms with van der Waals surface area (Å²) in [5.74, 6) is -0.671. The van der Waals surface area contributed by atoms with Crippen molar-refractivity contribution in [2.24, 2.45) is 5.73 Å². The van der Waals surface area contributed by atoms with Crippen molar-refractivity contribution in [1.82, 2.24) is 4.98 Å². The van der Waals surface area contributed by atoms with E-state index in [1.807, 2.05) is 0 Å². The fourth-order valence-corrected chi connectivity index (χ4v) is 2.44. The first-order chi connectivity index (χ1) is 10.8. The lowest BCUT2D eigenvalue weighted by Gasteiger charge is -2.10. The minimum Gasteiger partial charge on any atom is -0.447 e. The number of carbonyl (C=O) groups is 2. The van der Waals surface area contributed by atoms with Gasteiger partial charge < -0.3 is 21.5 Å². The third-order valence-electron chi connectivity index (χ3n) is 2.61. The zero-order valence-corrected chi connectivity index (χ0v) is 13.4. The van der Waals surface area contributed by atoms with E-state index in [2.05, 4.69) is 15.6 Å². The van der Waals surface area contributed by atoms with Gasteiger partial charge in [-0.25, -0.2) is 9.78 Å². The number of rotatable bonds is 5. The van der Waals surface area contributed by atoms with Crippen LogP contribution in [0.1, 0.15) is 24.3 Å². The molecule has 0 radical (unpaired) electrons. The van der Waals surface area contributed by atoms with E-state index in [0.717, 1.165) is 17.0 Å². The van der Waals surface area contributed by atoms with Crippen LogP contribution in [0.4, 0.5) is 26.3 Å². The molecular formula is C14H17N5O3S. The summed E-state index contributed by atoms with van der Waals surface area (Å²) in [6.45, 7) is 3.54. The van der Waals surface area contributed by atoms with Crippen LogP contribution < -0.4 is 22.1 Å². The smallest absolute Gasteiger partial charge is 0.411 e. The molecule has 0 bridgehead atoms. The number of benzene rings is 1. The van der Waals surface area contributed by atoms with E-state index in [-0.39, 0.29) is 16.8 Å². The average molecular weight is 335 g/mol. The van der Waals surface area contributed by atoms with Gasteiger partial charge in [-0.2, -0.15) is 0 Å². The Morgan fingerprint density at radius 2 is 1.83 bits per heavy atom. The van der Waals surface area contributed by atoms with Crippen LogP contribution in [0, 0.1) is 0 Å². The van der Waals surface area contributed by atoms with E-state index in [4.69, 9.17) is 16.2 Å². The predicted molar refractivity (Wildman–Crippen MR) is 90.0 cm³/mol. The summed E-state index contributed by atoms with van der Waals surface area (Å²) in [5.41, 5.74) is 12.2. The molecule has 2 aromatic rings. The van der Waals surface area contributed by atoms with Crippen LogP contribution in [0.3, 0.4) is 0 Å². The molecule has 0 saturated carbocycles. The predicted octanol–water partition coefficient (Wildman–Crippen LogP) is 2.52. The number of amides is 2. The van der Waals surface area contributed by atoms with Crippen molar-refractivity contribution in [2.45, 2.75) is 20.0 Å². The highest BCUT2D eigenvalue weighted by Crippen LogP contribution is 2.28. The first-order valence-electron chi connectivity index (χ1n) is 6.76. The largest absolute Gasteiger partial charge is 0.447 e. The Kier molecular flexibility index (Phi) is 5.02. The van der Waals surface area contributed by atoms with Gasteiger partial charge in [-0.05, 0) is 38.1 Å². The van der Waals surface area contributed by atoms with Crippen LogP contribution in [-0.2, 0) is 4.74 Å². The molecule has 1 heterocycles. The highest BCUT2D eigenvalue weighted by Gasteiger charge is 2.13. The van der Waals surface area contributed by atoms with Gasteiger partial charge >= 0.3 is 6.09 Å². The van der Waals surface area contributed by atoms with E-state index >= 15 is 0 Å². The van der Waals surface area contributed by atoms with Crippen molar-refractivity contribution in [2.75, 3.05) is 16.4 Å². The monoisotopic (exact) mass is 335 g/mol. The molecule has 1 aromatic carbocycles. The molecule has 122 valence electrons. The van der Waals surface area contributed by atoms with Crippen LogP contribution in [0.2, 0.25) is 0 Å². The number of hydrogen-bond donors (Lipinski definition) is 4. The Balaban J connectivity index is 2.01. The lowest BCUT2D eigenvalue weighted by molar-refractivity contribution is 0.0997. The van der Waals surface area contributed by atoms with E-state index in [9.17, 15) is 9.59 Å². The highest BCUT2D eigenvalue weighted by molar-refractivity contribution is 7.19. The summed E-state index contributed by atoms with van der Waals surface area (Å²) in [6.07, 6.45) is -0.703. The number of nitrogens with two attached hydrogens (primary N) is 2. The molecule has 0 spiro atoms. The van der Waals surface area contributed by atoms with Gasteiger partial charge in [0.2, 0.25) is 0 Å². The number of nitrogens with one attached hydrogen (secondary N) is 2. The van der Waals surface area contributed by atoms with Gasteiger partial charge in [0, 0.05) is 11.4 Å². The van der Waals surface area contributed by atoms with Crippen LogP contribution in [-0.4, -0.2) is 23.1 Å². The molecule has 0 unspecified atom stereocenters. The molecule has 0 aliphatic rings. The number of aromatic nitrogens is 1. The second kappa shape index (κ2) is 6.97. The van der Waals surface area contributed by atoms with Crippen LogP contribution in [0.25, 0.3) is 0 Å². The van der Waals surface area contributed by atoms with Crippen molar-refractivity contribution >= 4 is 44.8 Å². The Bertz CT molecular complexity index is 712.